The lowest BCUT2D eigenvalue weighted by Crippen LogP contribution is -2.27. The second kappa shape index (κ2) is 8.37. The van der Waals surface area contributed by atoms with E-state index >= 15 is 0 Å². The Morgan fingerprint density at radius 1 is 1.11 bits per heavy atom. The summed E-state index contributed by atoms with van der Waals surface area (Å²) in [6, 6.07) is 13.7. The first kappa shape index (κ1) is 19.1. The van der Waals surface area contributed by atoms with Crippen LogP contribution in [0.4, 0.5) is 5.69 Å². The minimum absolute atomic E-state index is 0.193. The standard InChI is InChI=1S/C20H22N2O4S/c1-26-18-8-4-6-16(14-18)10-11-20(23)21-17-7-5-9-19(15-17)27(24,25)22-12-2-3-13-22/h4-11,14-15H,2-3,12-13H2,1H3,(H,21,23). The van der Waals surface area contributed by atoms with E-state index in [9.17, 15) is 13.2 Å². The molecule has 1 saturated heterocycles. The molecular weight excluding hydrogens is 364 g/mol. The van der Waals surface area contributed by atoms with Gasteiger partial charge in [0.2, 0.25) is 15.9 Å². The number of methoxy groups -OCH3 is 1. The lowest BCUT2D eigenvalue weighted by atomic mass is 10.2. The monoisotopic (exact) mass is 386 g/mol. The van der Waals surface area contributed by atoms with Gasteiger partial charge in [-0.1, -0.05) is 18.2 Å². The van der Waals surface area contributed by atoms with Gasteiger partial charge in [0.1, 0.15) is 5.75 Å². The van der Waals surface area contributed by atoms with E-state index in [1.807, 2.05) is 24.3 Å². The highest BCUT2D eigenvalue weighted by Gasteiger charge is 2.27. The van der Waals surface area contributed by atoms with E-state index in [1.165, 1.54) is 16.4 Å². The first-order valence-electron chi connectivity index (χ1n) is 8.72. The van der Waals surface area contributed by atoms with Crippen molar-refractivity contribution < 1.29 is 17.9 Å². The van der Waals surface area contributed by atoms with Crippen LogP contribution in [-0.2, 0) is 14.8 Å². The summed E-state index contributed by atoms with van der Waals surface area (Å²) in [7, 11) is -1.93. The topological polar surface area (TPSA) is 75.7 Å². The summed E-state index contributed by atoms with van der Waals surface area (Å²) in [5, 5.41) is 2.70. The molecule has 1 N–H and O–H groups in total. The normalized spacial score (nSPS) is 15.1. The number of hydrogen-bond donors (Lipinski definition) is 1. The van der Waals surface area contributed by atoms with E-state index in [4.69, 9.17) is 4.74 Å². The molecule has 0 aromatic heterocycles. The van der Waals surface area contributed by atoms with Crippen molar-refractivity contribution in [3.8, 4) is 5.75 Å². The summed E-state index contributed by atoms with van der Waals surface area (Å²) in [5.41, 5.74) is 1.27. The third-order valence-electron chi connectivity index (χ3n) is 4.33. The van der Waals surface area contributed by atoms with Crippen LogP contribution in [0.3, 0.4) is 0 Å². The molecule has 1 aliphatic rings. The fourth-order valence-electron chi connectivity index (χ4n) is 2.91. The molecule has 0 spiro atoms. The van der Waals surface area contributed by atoms with Gasteiger partial charge in [-0.25, -0.2) is 8.42 Å². The predicted molar refractivity (Wildman–Crippen MR) is 105 cm³/mol. The van der Waals surface area contributed by atoms with Crippen LogP contribution < -0.4 is 10.1 Å². The number of hydrogen-bond acceptors (Lipinski definition) is 4. The summed E-state index contributed by atoms with van der Waals surface area (Å²) < 4.78 is 31.9. The van der Waals surface area contributed by atoms with E-state index in [0.717, 1.165) is 18.4 Å². The zero-order chi connectivity index (χ0) is 19.3. The number of nitrogens with zero attached hydrogens (tertiary/aromatic N) is 1. The molecule has 3 rings (SSSR count). The minimum atomic E-state index is -3.51. The number of carbonyl (C=O) groups is 1. The van der Waals surface area contributed by atoms with E-state index < -0.39 is 10.0 Å². The molecule has 0 bridgehead atoms. The molecule has 7 heteroatoms. The average Bonchev–Trinajstić information content (AvgIpc) is 3.22. The molecule has 6 nitrogen and oxygen atoms in total. The second-order valence-corrected chi connectivity index (χ2v) is 8.18. The molecule has 2 aromatic carbocycles. The van der Waals surface area contributed by atoms with Crippen molar-refractivity contribution in [1.29, 1.82) is 0 Å². The van der Waals surface area contributed by atoms with Gasteiger partial charge in [-0.3, -0.25) is 4.79 Å². The predicted octanol–water partition coefficient (Wildman–Crippen LogP) is 3.13. The van der Waals surface area contributed by atoms with Crippen molar-refractivity contribution in [2.24, 2.45) is 0 Å². The Bertz CT molecular complexity index is 948. The van der Waals surface area contributed by atoms with Crippen LogP contribution in [-0.4, -0.2) is 38.8 Å². The largest absolute Gasteiger partial charge is 0.497 e. The van der Waals surface area contributed by atoms with E-state index in [-0.39, 0.29) is 10.8 Å². The van der Waals surface area contributed by atoms with E-state index in [1.54, 1.807) is 31.4 Å². The van der Waals surface area contributed by atoms with Gasteiger partial charge in [0.15, 0.2) is 0 Å². The Morgan fingerprint density at radius 3 is 2.59 bits per heavy atom. The Kier molecular flexibility index (Phi) is 5.93. The molecule has 2 aromatic rings. The molecular formula is C20H22N2O4S. The highest BCUT2D eigenvalue weighted by atomic mass is 32.2. The summed E-state index contributed by atoms with van der Waals surface area (Å²) >= 11 is 0. The van der Waals surface area contributed by atoms with E-state index in [2.05, 4.69) is 5.32 Å². The zero-order valence-corrected chi connectivity index (χ0v) is 15.9. The highest BCUT2D eigenvalue weighted by molar-refractivity contribution is 7.89. The molecule has 142 valence electrons. The molecule has 0 atom stereocenters. The molecule has 27 heavy (non-hydrogen) atoms. The summed E-state index contributed by atoms with van der Waals surface area (Å²) in [5.74, 6) is 0.367. The number of nitrogens with one attached hydrogen (secondary N) is 1. The van der Waals surface area contributed by atoms with Crippen molar-refractivity contribution in [3.63, 3.8) is 0 Å². The molecule has 1 aliphatic heterocycles. The lowest BCUT2D eigenvalue weighted by Gasteiger charge is -2.16. The summed E-state index contributed by atoms with van der Waals surface area (Å²) in [6.45, 7) is 1.09. The van der Waals surface area contributed by atoms with Gasteiger partial charge in [0.25, 0.3) is 0 Å². The smallest absolute Gasteiger partial charge is 0.248 e. The van der Waals surface area contributed by atoms with Crippen LogP contribution in [0.1, 0.15) is 18.4 Å². The average molecular weight is 386 g/mol. The van der Waals surface area contributed by atoms with Gasteiger partial charge >= 0.3 is 0 Å². The number of carbonyl (C=O) groups excluding carboxylic acids is 1. The van der Waals surface area contributed by atoms with Gasteiger partial charge in [-0.15, -0.1) is 0 Å². The van der Waals surface area contributed by atoms with Crippen LogP contribution >= 0.6 is 0 Å². The Morgan fingerprint density at radius 2 is 1.85 bits per heavy atom. The minimum Gasteiger partial charge on any atom is -0.497 e. The third kappa shape index (κ3) is 4.75. The maximum absolute atomic E-state index is 12.6. The molecule has 1 fully saturated rings. The zero-order valence-electron chi connectivity index (χ0n) is 15.1. The molecule has 0 unspecified atom stereocenters. The number of rotatable bonds is 6. The molecule has 0 aliphatic carbocycles. The Balaban J connectivity index is 1.70. The molecule has 1 amide bonds. The van der Waals surface area contributed by atoms with Crippen LogP contribution in [0, 0.1) is 0 Å². The third-order valence-corrected chi connectivity index (χ3v) is 6.22. The van der Waals surface area contributed by atoms with Gasteiger partial charge in [0, 0.05) is 24.9 Å². The first-order valence-corrected chi connectivity index (χ1v) is 10.2. The fraction of sp³-hybridized carbons (Fsp3) is 0.250. The lowest BCUT2D eigenvalue weighted by molar-refractivity contribution is -0.111. The second-order valence-electron chi connectivity index (χ2n) is 6.24. The van der Waals surface area contributed by atoms with Crippen LogP contribution in [0.25, 0.3) is 6.08 Å². The Labute approximate surface area is 159 Å². The van der Waals surface area contributed by atoms with Crippen molar-refractivity contribution in [1.82, 2.24) is 4.31 Å². The van der Waals surface area contributed by atoms with Crippen LogP contribution in [0.15, 0.2) is 59.5 Å². The van der Waals surface area contributed by atoms with Gasteiger partial charge in [0.05, 0.1) is 12.0 Å². The summed E-state index contributed by atoms with van der Waals surface area (Å²) in [4.78, 5) is 12.4. The van der Waals surface area contributed by atoms with Crippen molar-refractivity contribution in [2.45, 2.75) is 17.7 Å². The number of amides is 1. The maximum atomic E-state index is 12.6. The van der Waals surface area contributed by atoms with Gasteiger partial charge in [-0.05, 0) is 54.8 Å². The molecule has 1 heterocycles. The first-order chi connectivity index (χ1) is 13.0. The number of benzene rings is 2. The SMILES string of the molecule is COc1cccc(C=CC(=O)Nc2cccc(S(=O)(=O)N3CCCC3)c2)c1. The van der Waals surface area contributed by atoms with Gasteiger partial charge in [-0.2, -0.15) is 4.31 Å². The number of sulfonamides is 1. The number of anilines is 1. The maximum Gasteiger partial charge on any atom is 0.248 e. The molecule has 0 saturated carbocycles. The Hall–Kier alpha value is -2.64. The van der Waals surface area contributed by atoms with Crippen molar-refractivity contribution in [3.05, 3.63) is 60.2 Å². The highest BCUT2D eigenvalue weighted by Crippen LogP contribution is 2.23. The van der Waals surface area contributed by atoms with Crippen LogP contribution in [0.2, 0.25) is 0 Å². The van der Waals surface area contributed by atoms with Gasteiger partial charge < -0.3 is 10.1 Å². The van der Waals surface area contributed by atoms with Crippen LogP contribution in [0.5, 0.6) is 5.75 Å². The van der Waals surface area contributed by atoms with Crippen molar-refractivity contribution in [2.75, 3.05) is 25.5 Å². The fourth-order valence-corrected chi connectivity index (χ4v) is 4.48. The molecule has 0 radical (unpaired) electrons. The summed E-state index contributed by atoms with van der Waals surface area (Å²) in [6.07, 6.45) is 4.83. The quantitative estimate of drug-likeness (QED) is 0.774. The number of ether oxygens (including phenoxy) is 1. The van der Waals surface area contributed by atoms with E-state index in [0.29, 0.717) is 24.5 Å². The van der Waals surface area contributed by atoms with Crippen molar-refractivity contribution >= 4 is 27.7 Å².